The topological polar surface area (TPSA) is 68.5 Å². The molecular weight excluding hydrogens is 238 g/mol. The smallest absolute Gasteiger partial charge is 0.345 e. The van der Waals surface area contributed by atoms with Gasteiger partial charge < -0.3 is 15.4 Å². The molecule has 0 spiro atoms. The van der Waals surface area contributed by atoms with Gasteiger partial charge in [-0.15, -0.1) is 0 Å². The minimum absolute atomic E-state index is 0.280. The third kappa shape index (κ3) is 2.36. The SMILES string of the molecule is CCOC(=O)c1c(N)nsc1N(CC)C1CC1. The molecule has 2 N–H and O–H groups in total. The van der Waals surface area contributed by atoms with Gasteiger partial charge in [0.05, 0.1) is 6.61 Å². The number of nitrogens with two attached hydrogens (primary N) is 1. The Morgan fingerprint density at radius 1 is 1.59 bits per heavy atom. The van der Waals surface area contributed by atoms with Gasteiger partial charge in [0.25, 0.3) is 0 Å². The van der Waals surface area contributed by atoms with Crippen molar-refractivity contribution in [1.82, 2.24) is 4.37 Å². The van der Waals surface area contributed by atoms with Gasteiger partial charge in [-0.3, -0.25) is 0 Å². The van der Waals surface area contributed by atoms with Crippen molar-refractivity contribution in [3.63, 3.8) is 0 Å². The Morgan fingerprint density at radius 2 is 2.29 bits per heavy atom. The standard InChI is InChI=1S/C11H17N3O2S/c1-3-14(7-5-6-7)10-8(9(12)13-17-10)11(15)16-4-2/h7H,3-6H2,1-2H3,(H2,12,13). The monoisotopic (exact) mass is 255 g/mol. The van der Waals surface area contributed by atoms with Gasteiger partial charge in [0.15, 0.2) is 5.82 Å². The molecule has 0 amide bonds. The van der Waals surface area contributed by atoms with Crippen LogP contribution in [0, 0.1) is 0 Å². The predicted octanol–water partition coefficient (Wildman–Crippen LogP) is 1.89. The zero-order chi connectivity index (χ0) is 12.4. The van der Waals surface area contributed by atoms with Gasteiger partial charge in [0.2, 0.25) is 0 Å². The summed E-state index contributed by atoms with van der Waals surface area (Å²) >= 11 is 1.28. The van der Waals surface area contributed by atoms with E-state index >= 15 is 0 Å². The lowest BCUT2D eigenvalue weighted by Crippen LogP contribution is -2.26. The van der Waals surface area contributed by atoms with Crippen molar-refractivity contribution in [1.29, 1.82) is 0 Å². The molecule has 94 valence electrons. The summed E-state index contributed by atoms with van der Waals surface area (Å²) in [6, 6.07) is 0.535. The minimum atomic E-state index is -0.368. The van der Waals surface area contributed by atoms with Crippen LogP contribution in [0.5, 0.6) is 0 Å². The Labute approximate surface area is 105 Å². The fourth-order valence-corrected chi connectivity index (χ4v) is 2.78. The summed E-state index contributed by atoms with van der Waals surface area (Å²) in [6.45, 7) is 5.07. The Hall–Kier alpha value is -1.30. The Balaban J connectivity index is 2.30. The van der Waals surface area contributed by atoms with E-state index in [0.29, 0.717) is 18.2 Å². The van der Waals surface area contributed by atoms with E-state index in [0.717, 1.165) is 11.5 Å². The van der Waals surface area contributed by atoms with Gasteiger partial charge in [0.1, 0.15) is 10.6 Å². The van der Waals surface area contributed by atoms with Crippen LogP contribution < -0.4 is 10.6 Å². The third-order valence-corrected chi connectivity index (χ3v) is 3.67. The summed E-state index contributed by atoms with van der Waals surface area (Å²) in [4.78, 5) is 14.0. The average Bonchev–Trinajstić information content (AvgIpc) is 3.05. The van der Waals surface area contributed by atoms with Crippen molar-refractivity contribution in [2.24, 2.45) is 0 Å². The molecule has 0 aliphatic heterocycles. The molecule has 1 saturated carbocycles. The van der Waals surface area contributed by atoms with Crippen molar-refractivity contribution in [3.8, 4) is 0 Å². The third-order valence-electron chi connectivity index (χ3n) is 2.77. The zero-order valence-corrected chi connectivity index (χ0v) is 10.9. The van der Waals surface area contributed by atoms with Crippen LogP contribution in [0.4, 0.5) is 10.8 Å². The fourth-order valence-electron chi connectivity index (χ4n) is 1.84. The van der Waals surface area contributed by atoms with Crippen molar-refractivity contribution in [2.75, 3.05) is 23.8 Å². The van der Waals surface area contributed by atoms with Crippen LogP contribution in [0.2, 0.25) is 0 Å². The van der Waals surface area contributed by atoms with E-state index in [2.05, 4.69) is 16.2 Å². The quantitative estimate of drug-likeness (QED) is 0.814. The lowest BCUT2D eigenvalue weighted by molar-refractivity contribution is 0.0528. The molecule has 1 aromatic heterocycles. The van der Waals surface area contributed by atoms with Gasteiger partial charge >= 0.3 is 5.97 Å². The van der Waals surface area contributed by atoms with Crippen molar-refractivity contribution in [3.05, 3.63) is 5.56 Å². The highest BCUT2D eigenvalue weighted by molar-refractivity contribution is 7.11. The minimum Gasteiger partial charge on any atom is -0.462 e. The van der Waals surface area contributed by atoms with Gasteiger partial charge in [-0.05, 0) is 38.2 Å². The van der Waals surface area contributed by atoms with Gasteiger partial charge in [0, 0.05) is 12.6 Å². The van der Waals surface area contributed by atoms with Crippen LogP contribution in [0.15, 0.2) is 0 Å². The van der Waals surface area contributed by atoms with Crippen molar-refractivity contribution < 1.29 is 9.53 Å². The highest BCUT2D eigenvalue weighted by atomic mass is 32.1. The zero-order valence-electron chi connectivity index (χ0n) is 10.1. The first kappa shape index (κ1) is 12.2. The largest absolute Gasteiger partial charge is 0.462 e. The molecule has 1 aliphatic carbocycles. The summed E-state index contributed by atoms with van der Waals surface area (Å²) in [5.74, 6) is -0.0876. The molecule has 0 aromatic carbocycles. The van der Waals surface area contributed by atoms with Crippen LogP contribution in [0.1, 0.15) is 37.0 Å². The maximum Gasteiger partial charge on any atom is 0.345 e. The second-order valence-corrected chi connectivity index (χ2v) is 4.74. The first-order valence-corrected chi connectivity index (χ1v) is 6.65. The number of nitrogen functional groups attached to an aromatic ring is 1. The maximum absolute atomic E-state index is 11.8. The fraction of sp³-hybridized carbons (Fsp3) is 0.636. The number of hydrogen-bond acceptors (Lipinski definition) is 6. The van der Waals surface area contributed by atoms with E-state index in [-0.39, 0.29) is 11.8 Å². The molecule has 6 heteroatoms. The molecule has 0 radical (unpaired) electrons. The van der Waals surface area contributed by atoms with Crippen LogP contribution in [-0.2, 0) is 4.74 Å². The van der Waals surface area contributed by atoms with Crippen LogP contribution >= 0.6 is 11.5 Å². The molecule has 2 rings (SSSR count). The molecule has 0 atom stereocenters. The number of rotatable bonds is 5. The summed E-state index contributed by atoms with van der Waals surface area (Å²) in [6.07, 6.45) is 2.35. The maximum atomic E-state index is 11.8. The molecule has 0 bridgehead atoms. The van der Waals surface area contributed by atoms with E-state index < -0.39 is 0 Å². The number of hydrogen-bond donors (Lipinski definition) is 1. The Bertz CT molecular complexity index is 415. The summed E-state index contributed by atoms with van der Waals surface area (Å²) in [5.41, 5.74) is 6.19. The second-order valence-electron chi connectivity index (χ2n) is 3.99. The van der Waals surface area contributed by atoms with Crippen LogP contribution in [-0.4, -0.2) is 29.5 Å². The highest BCUT2D eigenvalue weighted by Crippen LogP contribution is 2.38. The van der Waals surface area contributed by atoms with E-state index in [9.17, 15) is 4.79 Å². The second kappa shape index (κ2) is 4.91. The number of ether oxygens (including phenoxy) is 1. The first-order valence-electron chi connectivity index (χ1n) is 5.87. The van der Waals surface area contributed by atoms with Crippen molar-refractivity contribution in [2.45, 2.75) is 32.7 Å². The van der Waals surface area contributed by atoms with Crippen LogP contribution in [0.25, 0.3) is 0 Å². The average molecular weight is 255 g/mol. The number of carbonyl (C=O) groups excluding carboxylic acids is 1. The van der Waals surface area contributed by atoms with Crippen LogP contribution in [0.3, 0.4) is 0 Å². The summed E-state index contributed by atoms with van der Waals surface area (Å²) in [5, 5.41) is 0.853. The van der Waals surface area contributed by atoms with E-state index in [1.807, 2.05) is 0 Å². The predicted molar refractivity (Wildman–Crippen MR) is 68.5 cm³/mol. The van der Waals surface area contributed by atoms with E-state index in [4.69, 9.17) is 10.5 Å². The normalized spacial score (nSPS) is 14.7. The van der Waals surface area contributed by atoms with Crippen molar-refractivity contribution >= 4 is 28.3 Å². The lowest BCUT2D eigenvalue weighted by Gasteiger charge is -2.21. The Kier molecular flexibility index (Phi) is 3.51. The first-order chi connectivity index (χ1) is 8.19. The number of anilines is 2. The molecular formula is C11H17N3O2S. The number of aromatic nitrogens is 1. The highest BCUT2D eigenvalue weighted by Gasteiger charge is 2.33. The molecule has 5 nitrogen and oxygen atoms in total. The Morgan fingerprint density at radius 3 is 2.82 bits per heavy atom. The van der Waals surface area contributed by atoms with E-state index in [1.165, 1.54) is 24.4 Å². The molecule has 1 fully saturated rings. The molecule has 1 aromatic rings. The van der Waals surface area contributed by atoms with E-state index in [1.54, 1.807) is 6.92 Å². The lowest BCUT2D eigenvalue weighted by atomic mass is 10.3. The number of nitrogens with zero attached hydrogens (tertiary/aromatic N) is 2. The molecule has 1 aliphatic rings. The van der Waals surface area contributed by atoms with Gasteiger partial charge in [-0.25, -0.2) is 4.79 Å². The molecule has 17 heavy (non-hydrogen) atoms. The molecule has 1 heterocycles. The van der Waals surface area contributed by atoms with Gasteiger partial charge in [-0.2, -0.15) is 4.37 Å². The molecule has 0 saturated heterocycles. The number of esters is 1. The van der Waals surface area contributed by atoms with Gasteiger partial charge in [-0.1, -0.05) is 0 Å². The summed E-state index contributed by atoms with van der Waals surface area (Å²) < 4.78 is 9.10. The summed E-state index contributed by atoms with van der Waals surface area (Å²) in [7, 11) is 0. The number of carbonyl (C=O) groups is 1. The molecule has 0 unspecified atom stereocenters.